The number of hydrogen-bond acceptors (Lipinski definition) is 3. The summed E-state index contributed by atoms with van der Waals surface area (Å²) < 4.78 is 32.6. The molecule has 1 atom stereocenters. The van der Waals surface area contributed by atoms with Crippen LogP contribution in [0.3, 0.4) is 0 Å². The SMILES string of the molecule is CN1CCCC(C)(Oc2c(N)ccc(F)c2F)C1. The molecule has 1 heterocycles. The first-order chi connectivity index (χ1) is 8.41. The van der Waals surface area contributed by atoms with Gasteiger partial charge in [-0.05, 0) is 45.5 Å². The average Bonchev–Trinajstić information content (AvgIpc) is 2.29. The molecule has 18 heavy (non-hydrogen) atoms. The molecule has 0 spiro atoms. The molecule has 0 amide bonds. The molecule has 5 heteroatoms. The number of ether oxygens (including phenoxy) is 1. The van der Waals surface area contributed by atoms with E-state index in [2.05, 4.69) is 4.90 Å². The molecule has 1 fully saturated rings. The highest BCUT2D eigenvalue weighted by molar-refractivity contribution is 5.53. The summed E-state index contributed by atoms with van der Waals surface area (Å²) in [7, 11) is 1.98. The van der Waals surface area contributed by atoms with Gasteiger partial charge in [0.2, 0.25) is 5.82 Å². The molecule has 1 aromatic carbocycles. The molecule has 0 aliphatic carbocycles. The third-order valence-corrected chi connectivity index (χ3v) is 3.28. The van der Waals surface area contributed by atoms with Crippen LogP contribution in [0, 0.1) is 11.6 Å². The number of likely N-dealkylation sites (N-methyl/N-ethyl adjacent to an activating group) is 1. The van der Waals surface area contributed by atoms with E-state index in [1.54, 1.807) is 0 Å². The Balaban J connectivity index is 2.25. The van der Waals surface area contributed by atoms with Crippen LogP contribution in [0.15, 0.2) is 12.1 Å². The highest BCUT2D eigenvalue weighted by Gasteiger charge is 2.33. The summed E-state index contributed by atoms with van der Waals surface area (Å²) in [5.74, 6) is -2.12. The van der Waals surface area contributed by atoms with Crippen molar-refractivity contribution in [2.75, 3.05) is 25.9 Å². The van der Waals surface area contributed by atoms with E-state index < -0.39 is 17.2 Å². The van der Waals surface area contributed by atoms with Crippen LogP contribution in [0.25, 0.3) is 0 Å². The zero-order valence-corrected chi connectivity index (χ0v) is 10.7. The van der Waals surface area contributed by atoms with Crippen LogP contribution >= 0.6 is 0 Å². The second kappa shape index (κ2) is 4.72. The minimum absolute atomic E-state index is 0.128. The molecule has 0 saturated carbocycles. The van der Waals surface area contributed by atoms with Crippen LogP contribution in [0.4, 0.5) is 14.5 Å². The lowest BCUT2D eigenvalue weighted by atomic mass is 9.95. The topological polar surface area (TPSA) is 38.5 Å². The number of benzene rings is 1. The van der Waals surface area contributed by atoms with E-state index >= 15 is 0 Å². The molecule has 1 aliphatic heterocycles. The lowest BCUT2D eigenvalue weighted by molar-refractivity contribution is 0.0128. The Morgan fingerprint density at radius 2 is 2.11 bits per heavy atom. The van der Waals surface area contributed by atoms with E-state index in [-0.39, 0.29) is 11.4 Å². The molecule has 1 aromatic rings. The standard InChI is InChI=1S/C13H18F2N2O/c1-13(6-3-7-17(2)8-13)18-12-10(16)5-4-9(14)11(12)15/h4-5H,3,6-8,16H2,1-2H3. The van der Waals surface area contributed by atoms with Gasteiger partial charge in [-0.15, -0.1) is 0 Å². The summed E-state index contributed by atoms with van der Waals surface area (Å²) in [6.07, 6.45) is 1.76. The minimum atomic E-state index is -1.01. The Kier molecular flexibility index (Phi) is 3.43. The number of halogens is 2. The molecule has 0 bridgehead atoms. The summed E-state index contributed by atoms with van der Waals surface area (Å²) in [4.78, 5) is 2.11. The van der Waals surface area contributed by atoms with Crippen LogP contribution in [-0.4, -0.2) is 30.6 Å². The Labute approximate surface area is 106 Å². The van der Waals surface area contributed by atoms with E-state index in [9.17, 15) is 8.78 Å². The first kappa shape index (κ1) is 13.1. The number of likely N-dealkylation sites (tertiary alicyclic amines) is 1. The van der Waals surface area contributed by atoms with Crippen molar-refractivity contribution in [1.29, 1.82) is 0 Å². The van der Waals surface area contributed by atoms with Gasteiger partial charge in [0, 0.05) is 6.54 Å². The van der Waals surface area contributed by atoms with Gasteiger partial charge in [0.25, 0.3) is 0 Å². The third kappa shape index (κ3) is 2.56. The van der Waals surface area contributed by atoms with Crippen LogP contribution < -0.4 is 10.5 Å². The second-order valence-electron chi connectivity index (χ2n) is 5.17. The number of nitrogen functional groups attached to an aromatic ring is 1. The molecule has 3 nitrogen and oxygen atoms in total. The number of anilines is 1. The van der Waals surface area contributed by atoms with Crippen LogP contribution in [0.5, 0.6) is 5.75 Å². The fourth-order valence-corrected chi connectivity index (χ4v) is 2.43. The number of nitrogens with zero attached hydrogens (tertiary/aromatic N) is 1. The van der Waals surface area contributed by atoms with Gasteiger partial charge >= 0.3 is 0 Å². The number of nitrogens with two attached hydrogens (primary N) is 1. The van der Waals surface area contributed by atoms with Gasteiger partial charge in [-0.3, -0.25) is 0 Å². The maximum atomic E-state index is 13.7. The van der Waals surface area contributed by atoms with E-state index in [1.165, 1.54) is 6.07 Å². The summed E-state index contributed by atoms with van der Waals surface area (Å²) in [5, 5.41) is 0. The first-order valence-corrected chi connectivity index (χ1v) is 6.02. The quantitative estimate of drug-likeness (QED) is 0.826. The summed E-state index contributed by atoms with van der Waals surface area (Å²) in [6.45, 7) is 3.55. The zero-order valence-electron chi connectivity index (χ0n) is 10.7. The summed E-state index contributed by atoms with van der Waals surface area (Å²) in [6, 6.07) is 2.33. The summed E-state index contributed by atoms with van der Waals surface area (Å²) >= 11 is 0. The Hall–Kier alpha value is -1.36. The number of hydrogen-bond donors (Lipinski definition) is 1. The Bertz CT molecular complexity index is 453. The van der Waals surface area contributed by atoms with Crippen molar-refractivity contribution in [3.05, 3.63) is 23.8 Å². The number of rotatable bonds is 2. The molecular formula is C13H18F2N2O. The van der Waals surface area contributed by atoms with Crippen LogP contribution in [-0.2, 0) is 0 Å². The average molecular weight is 256 g/mol. The van der Waals surface area contributed by atoms with Crippen molar-refractivity contribution in [3.63, 3.8) is 0 Å². The van der Waals surface area contributed by atoms with Crippen molar-refractivity contribution < 1.29 is 13.5 Å². The van der Waals surface area contributed by atoms with Gasteiger partial charge in [0.05, 0.1) is 5.69 Å². The van der Waals surface area contributed by atoms with Crippen molar-refractivity contribution >= 4 is 5.69 Å². The maximum Gasteiger partial charge on any atom is 0.202 e. The van der Waals surface area contributed by atoms with Crippen molar-refractivity contribution in [2.24, 2.45) is 0 Å². The van der Waals surface area contributed by atoms with E-state index in [1.807, 2.05) is 14.0 Å². The molecule has 1 aliphatic rings. The Morgan fingerprint density at radius 3 is 2.78 bits per heavy atom. The normalized spacial score (nSPS) is 25.1. The second-order valence-corrected chi connectivity index (χ2v) is 5.17. The maximum absolute atomic E-state index is 13.7. The van der Waals surface area contributed by atoms with Gasteiger partial charge in [-0.25, -0.2) is 4.39 Å². The van der Waals surface area contributed by atoms with Gasteiger partial charge in [0.1, 0.15) is 5.60 Å². The monoisotopic (exact) mass is 256 g/mol. The van der Waals surface area contributed by atoms with Gasteiger partial charge in [0.15, 0.2) is 11.6 Å². The molecule has 2 N–H and O–H groups in total. The van der Waals surface area contributed by atoms with Crippen LogP contribution in [0.2, 0.25) is 0 Å². The first-order valence-electron chi connectivity index (χ1n) is 6.02. The van der Waals surface area contributed by atoms with E-state index in [0.717, 1.165) is 25.5 Å². The molecule has 2 rings (SSSR count). The van der Waals surface area contributed by atoms with Gasteiger partial charge in [-0.1, -0.05) is 0 Å². The molecule has 0 radical (unpaired) electrons. The molecule has 100 valence electrons. The van der Waals surface area contributed by atoms with E-state index in [4.69, 9.17) is 10.5 Å². The molecular weight excluding hydrogens is 238 g/mol. The third-order valence-electron chi connectivity index (χ3n) is 3.28. The highest BCUT2D eigenvalue weighted by Crippen LogP contribution is 2.33. The van der Waals surface area contributed by atoms with Crippen molar-refractivity contribution in [3.8, 4) is 5.75 Å². The fourth-order valence-electron chi connectivity index (χ4n) is 2.43. The fraction of sp³-hybridized carbons (Fsp3) is 0.538. The lowest BCUT2D eigenvalue weighted by Crippen LogP contribution is -2.48. The van der Waals surface area contributed by atoms with Gasteiger partial charge < -0.3 is 15.4 Å². The predicted octanol–water partition coefficient (Wildman–Crippen LogP) is 2.41. The smallest absolute Gasteiger partial charge is 0.202 e. The van der Waals surface area contributed by atoms with Crippen molar-refractivity contribution in [1.82, 2.24) is 4.90 Å². The largest absolute Gasteiger partial charge is 0.481 e. The highest BCUT2D eigenvalue weighted by atomic mass is 19.2. The summed E-state index contributed by atoms with van der Waals surface area (Å²) in [5.41, 5.74) is 5.25. The predicted molar refractivity (Wildman–Crippen MR) is 66.5 cm³/mol. The van der Waals surface area contributed by atoms with E-state index in [0.29, 0.717) is 6.54 Å². The minimum Gasteiger partial charge on any atom is -0.481 e. The zero-order chi connectivity index (χ0) is 13.3. The molecule has 0 aromatic heterocycles. The molecule has 1 unspecified atom stereocenters. The Morgan fingerprint density at radius 1 is 1.39 bits per heavy atom. The molecule has 1 saturated heterocycles. The van der Waals surface area contributed by atoms with Crippen molar-refractivity contribution in [2.45, 2.75) is 25.4 Å². The lowest BCUT2D eigenvalue weighted by Gasteiger charge is -2.39. The number of piperidine rings is 1. The van der Waals surface area contributed by atoms with Crippen LogP contribution in [0.1, 0.15) is 19.8 Å². The van der Waals surface area contributed by atoms with Gasteiger partial charge in [-0.2, -0.15) is 4.39 Å².